The number of rotatable bonds is 7. The van der Waals surface area contributed by atoms with Crippen LogP contribution in [-0.4, -0.2) is 74.0 Å². The van der Waals surface area contributed by atoms with Crippen molar-refractivity contribution in [1.82, 2.24) is 10.2 Å². The lowest BCUT2D eigenvalue weighted by atomic mass is 9.79. The number of carboxylic acids is 2. The highest BCUT2D eigenvalue weighted by Gasteiger charge is 2.60. The molecule has 4 rings (SSSR count). The fourth-order valence-corrected chi connectivity index (χ4v) is 6.29. The van der Waals surface area contributed by atoms with E-state index in [2.05, 4.69) is 10.6 Å². The second-order valence-corrected chi connectivity index (χ2v) is 9.93. The van der Waals surface area contributed by atoms with Crippen molar-refractivity contribution < 1.29 is 34.5 Å². The second-order valence-electron chi connectivity index (χ2n) is 8.58. The van der Waals surface area contributed by atoms with Crippen LogP contribution >= 0.6 is 11.8 Å². The molecule has 0 spiro atoms. The standard InChI is InChI=1S/C22H25N3O7S/c1-9-16-15(10(2)26)20(28)25(16)17(22(31)32)18(9)33-13-7-14(23-8-13)19(27)24-12-5-3-4-11(6-12)21(29)30/h3-6,9-10,13-16,23,26H,7-8H2,1-2H3,(H,24,27)(H,29,30)(H,31,32)/t9-,10?,13?,14+,15-,16-/m1/s1. The fourth-order valence-electron chi connectivity index (χ4n) is 4.81. The summed E-state index contributed by atoms with van der Waals surface area (Å²) in [4.78, 5) is 50.1. The average molecular weight is 476 g/mol. The minimum absolute atomic E-state index is 0.0298. The monoisotopic (exact) mass is 475 g/mol. The molecule has 5 N–H and O–H groups in total. The molecule has 1 aromatic rings. The molecule has 10 nitrogen and oxygen atoms in total. The minimum atomic E-state index is -1.18. The van der Waals surface area contributed by atoms with Crippen molar-refractivity contribution in [2.24, 2.45) is 11.8 Å². The number of aliphatic hydroxyl groups excluding tert-OH is 1. The molecule has 2 fully saturated rings. The van der Waals surface area contributed by atoms with Crippen LogP contribution in [0.2, 0.25) is 0 Å². The number of aliphatic hydroxyl groups is 1. The number of benzene rings is 1. The van der Waals surface area contributed by atoms with Crippen molar-refractivity contribution in [3.05, 3.63) is 40.4 Å². The Balaban J connectivity index is 1.43. The normalized spacial score (nSPS) is 29.5. The van der Waals surface area contributed by atoms with Crippen molar-refractivity contribution in [3.8, 4) is 0 Å². The predicted molar refractivity (Wildman–Crippen MR) is 119 cm³/mol. The number of carbonyl (C=O) groups excluding carboxylic acids is 2. The van der Waals surface area contributed by atoms with Gasteiger partial charge in [0.2, 0.25) is 11.8 Å². The molecular formula is C22H25N3O7S. The molecule has 0 radical (unpaired) electrons. The van der Waals surface area contributed by atoms with E-state index in [9.17, 15) is 29.4 Å². The lowest BCUT2D eigenvalue weighted by Crippen LogP contribution is -2.63. The molecule has 6 atom stereocenters. The number of nitrogens with one attached hydrogen (secondary N) is 2. The van der Waals surface area contributed by atoms with Gasteiger partial charge in [-0.1, -0.05) is 13.0 Å². The highest BCUT2D eigenvalue weighted by Crippen LogP contribution is 2.51. The number of fused-ring (bicyclic) bond motifs is 1. The van der Waals surface area contributed by atoms with E-state index in [0.29, 0.717) is 23.6 Å². The van der Waals surface area contributed by atoms with E-state index in [1.165, 1.54) is 35.7 Å². The van der Waals surface area contributed by atoms with Crippen molar-refractivity contribution in [2.45, 2.75) is 43.7 Å². The molecule has 0 saturated carbocycles. The summed E-state index contributed by atoms with van der Waals surface area (Å²) in [6, 6.07) is 5.07. The minimum Gasteiger partial charge on any atom is -0.478 e. The van der Waals surface area contributed by atoms with Crippen LogP contribution in [0.25, 0.3) is 0 Å². The van der Waals surface area contributed by atoms with E-state index >= 15 is 0 Å². The first-order chi connectivity index (χ1) is 15.6. The Morgan fingerprint density at radius 1 is 1.24 bits per heavy atom. The number of anilines is 1. The summed E-state index contributed by atoms with van der Waals surface area (Å²) >= 11 is 1.36. The first kappa shape index (κ1) is 23.3. The largest absolute Gasteiger partial charge is 0.478 e. The van der Waals surface area contributed by atoms with Crippen LogP contribution in [0.3, 0.4) is 0 Å². The number of β-lactam (4-membered cyclic amide) rings is 1. The van der Waals surface area contributed by atoms with Gasteiger partial charge >= 0.3 is 11.9 Å². The average Bonchev–Trinajstić information content (AvgIpc) is 3.30. The molecule has 3 aliphatic heterocycles. The van der Waals surface area contributed by atoms with Gasteiger partial charge in [0.1, 0.15) is 5.70 Å². The van der Waals surface area contributed by atoms with Crippen molar-refractivity contribution in [2.75, 3.05) is 11.9 Å². The highest BCUT2D eigenvalue weighted by molar-refractivity contribution is 8.03. The van der Waals surface area contributed by atoms with Gasteiger partial charge in [-0.05, 0) is 31.5 Å². The number of hydrogen-bond acceptors (Lipinski definition) is 7. The second kappa shape index (κ2) is 8.81. The third-order valence-corrected chi connectivity index (χ3v) is 7.90. The molecule has 2 saturated heterocycles. The molecule has 33 heavy (non-hydrogen) atoms. The summed E-state index contributed by atoms with van der Waals surface area (Å²) in [5, 5.41) is 34.6. The van der Waals surface area contributed by atoms with Crippen LogP contribution in [0, 0.1) is 11.8 Å². The molecular weight excluding hydrogens is 450 g/mol. The zero-order chi connectivity index (χ0) is 24.0. The molecule has 3 aliphatic rings. The molecule has 2 unspecified atom stereocenters. The van der Waals surface area contributed by atoms with Gasteiger partial charge < -0.3 is 30.9 Å². The molecule has 1 aromatic carbocycles. The van der Waals surface area contributed by atoms with Gasteiger partial charge in [0, 0.05) is 28.3 Å². The zero-order valence-corrected chi connectivity index (χ0v) is 18.8. The third-order valence-electron chi connectivity index (χ3n) is 6.39. The topological polar surface area (TPSA) is 156 Å². The van der Waals surface area contributed by atoms with Gasteiger partial charge in [0.15, 0.2) is 0 Å². The van der Waals surface area contributed by atoms with E-state index in [-0.39, 0.29) is 40.3 Å². The summed E-state index contributed by atoms with van der Waals surface area (Å²) < 4.78 is 0. The maximum Gasteiger partial charge on any atom is 0.353 e. The maximum atomic E-state index is 12.7. The van der Waals surface area contributed by atoms with Gasteiger partial charge in [0.25, 0.3) is 0 Å². The van der Waals surface area contributed by atoms with E-state index in [4.69, 9.17) is 5.11 Å². The van der Waals surface area contributed by atoms with Gasteiger partial charge in [-0.25, -0.2) is 9.59 Å². The summed E-state index contributed by atoms with van der Waals surface area (Å²) in [6.45, 7) is 3.87. The SMILES string of the molecule is CC(O)[C@H]1C(=O)N2C(C(=O)O)=C(SC3CN[C@H](C(=O)Nc4cccc(C(=O)O)c4)C3)[C@H](C)[C@H]12. The molecule has 0 bridgehead atoms. The Morgan fingerprint density at radius 2 is 1.97 bits per heavy atom. The number of thioether (sulfide) groups is 1. The van der Waals surface area contributed by atoms with Crippen LogP contribution in [0.1, 0.15) is 30.6 Å². The van der Waals surface area contributed by atoms with Gasteiger partial charge in [-0.2, -0.15) is 0 Å². The lowest BCUT2D eigenvalue weighted by molar-refractivity contribution is -0.163. The summed E-state index contributed by atoms with van der Waals surface area (Å²) in [7, 11) is 0. The number of carboxylic acid groups (broad SMARTS) is 2. The third kappa shape index (κ3) is 4.11. The number of aliphatic carboxylic acids is 1. The van der Waals surface area contributed by atoms with E-state index in [1.54, 1.807) is 12.1 Å². The maximum absolute atomic E-state index is 12.7. The Labute approximate surface area is 194 Å². The number of nitrogens with zero attached hydrogens (tertiary/aromatic N) is 1. The number of carbonyl (C=O) groups is 4. The summed E-state index contributed by atoms with van der Waals surface area (Å²) in [5.41, 5.74) is 0.418. The van der Waals surface area contributed by atoms with Crippen LogP contribution < -0.4 is 10.6 Å². The summed E-state index contributed by atoms with van der Waals surface area (Å²) in [5.74, 6) is -3.79. The van der Waals surface area contributed by atoms with E-state index in [1.807, 2.05) is 6.92 Å². The van der Waals surface area contributed by atoms with Crippen molar-refractivity contribution in [1.29, 1.82) is 0 Å². The molecule has 0 aliphatic carbocycles. The van der Waals surface area contributed by atoms with Crippen LogP contribution in [0.15, 0.2) is 34.9 Å². The van der Waals surface area contributed by atoms with E-state index in [0.717, 1.165) is 0 Å². The quantitative estimate of drug-likeness (QED) is 0.362. The zero-order valence-electron chi connectivity index (χ0n) is 18.0. The Bertz CT molecular complexity index is 1060. The number of aromatic carboxylic acids is 1. The number of amides is 2. The lowest BCUT2D eigenvalue weighted by Gasteiger charge is -2.46. The smallest absolute Gasteiger partial charge is 0.353 e. The van der Waals surface area contributed by atoms with Crippen molar-refractivity contribution in [3.63, 3.8) is 0 Å². The first-order valence-electron chi connectivity index (χ1n) is 10.6. The van der Waals surface area contributed by atoms with Crippen LogP contribution in [0.5, 0.6) is 0 Å². The van der Waals surface area contributed by atoms with Crippen LogP contribution in [-0.2, 0) is 14.4 Å². The first-order valence-corrected chi connectivity index (χ1v) is 11.5. The highest BCUT2D eigenvalue weighted by atomic mass is 32.2. The number of hydrogen-bond donors (Lipinski definition) is 5. The Morgan fingerprint density at radius 3 is 2.61 bits per heavy atom. The molecule has 3 heterocycles. The molecule has 11 heteroatoms. The molecule has 176 valence electrons. The Hall–Kier alpha value is -2.89. The van der Waals surface area contributed by atoms with E-state index < -0.39 is 30.0 Å². The molecule has 2 amide bonds. The fraction of sp³-hybridized carbons (Fsp3) is 0.455. The predicted octanol–water partition coefficient (Wildman–Crippen LogP) is 0.941. The van der Waals surface area contributed by atoms with Gasteiger partial charge in [0.05, 0.1) is 29.7 Å². The van der Waals surface area contributed by atoms with Crippen molar-refractivity contribution >= 4 is 41.2 Å². The molecule has 0 aromatic heterocycles. The van der Waals surface area contributed by atoms with Gasteiger partial charge in [-0.3, -0.25) is 9.59 Å². The van der Waals surface area contributed by atoms with Gasteiger partial charge in [-0.15, -0.1) is 11.8 Å². The summed E-state index contributed by atoms with van der Waals surface area (Å²) in [6.07, 6.45) is -0.419. The van der Waals surface area contributed by atoms with Crippen LogP contribution in [0.4, 0.5) is 5.69 Å². The Kier molecular flexibility index (Phi) is 6.21.